The standard InChI is InChI=1S/C27H29Cl2N5O4S2/c28-20-5-4-16(10-21(20)29)13-34-8-6-18(7-9-34)31-24(35)15-40-27-33-23(14-39-27)17-2-1-3-19(11-17)32-26(38)22(30)12-25(36)37/h1-5,10-11,14,18,22H,6-9,12-13,15,30H2,(H,31,35)(H,32,38)(H,36,37). The predicted molar refractivity (Wildman–Crippen MR) is 160 cm³/mol. The third-order valence-electron chi connectivity index (χ3n) is 6.31. The fourth-order valence-corrected chi connectivity index (χ4v) is 6.22. The Balaban J connectivity index is 1.21. The molecule has 5 N–H and O–H groups in total. The van der Waals surface area contributed by atoms with E-state index in [4.69, 9.17) is 34.0 Å². The first kappa shape index (κ1) is 30.3. The number of nitrogens with two attached hydrogens (primary N) is 1. The van der Waals surface area contributed by atoms with Crippen LogP contribution in [0.4, 0.5) is 5.69 Å². The van der Waals surface area contributed by atoms with Crippen molar-refractivity contribution in [2.24, 2.45) is 5.73 Å². The molecule has 4 rings (SSSR count). The molecule has 2 aromatic carbocycles. The zero-order valence-electron chi connectivity index (χ0n) is 21.4. The van der Waals surface area contributed by atoms with Crippen LogP contribution in [-0.4, -0.2) is 63.7 Å². The van der Waals surface area contributed by atoms with Gasteiger partial charge in [0.25, 0.3) is 0 Å². The fourth-order valence-electron chi connectivity index (χ4n) is 4.26. The second kappa shape index (κ2) is 14.3. The molecule has 0 spiro atoms. The lowest BCUT2D eigenvalue weighted by Gasteiger charge is -2.32. The van der Waals surface area contributed by atoms with E-state index in [9.17, 15) is 14.4 Å². The number of carbonyl (C=O) groups excluding carboxylic acids is 2. The Morgan fingerprint density at radius 3 is 2.65 bits per heavy atom. The molecular formula is C27H29Cl2N5O4S2. The van der Waals surface area contributed by atoms with Crippen LogP contribution in [0.15, 0.2) is 52.2 Å². The van der Waals surface area contributed by atoms with Gasteiger partial charge in [0.1, 0.15) is 0 Å². The number of carbonyl (C=O) groups is 3. The number of piperidine rings is 1. The molecule has 212 valence electrons. The SMILES string of the molecule is NC(CC(=O)O)C(=O)Nc1cccc(-c2csc(SCC(=O)NC3CCN(Cc4ccc(Cl)c(Cl)c4)CC3)n2)c1. The van der Waals surface area contributed by atoms with Crippen molar-refractivity contribution in [3.63, 3.8) is 0 Å². The Morgan fingerprint density at radius 2 is 1.93 bits per heavy atom. The molecule has 2 heterocycles. The van der Waals surface area contributed by atoms with Gasteiger partial charge in [-0.3, -0.25) is 19.3 Å². The van der Waals surface area contributed by atoms with Crippen LogP contribution in [0.2, 0.25) is 10.0 Å². The molecule has 2 amide bonds. The average molecular weight is 623 g/mol. The van der Waals surface area contributed by atoms with Crippen molar-refractivity contribution in [3.8, 4) is 11.3 Å². The number of rotatable bonds is 11. The molecular weight excluding hydrogens is 593 g/mol. The van der Waals surface area contributed by atoms with Gasteiger partial charge in [-0.05, 0) is 42.7 Å². The molecule has 13 heteroatoms. The summed E-state index contributed by atoms with van der Waals surface area (Å²) in [7, 11) is 0. The van der Waals surface area contributed by atoms with Crippen molar-refractivity contribution in [2.75, 3.05) is 24.2 Å². The van der Waals surface area contributed by atoms with Crippen molar-refractivity contribution in [3.05, 3.63) is 63.5 Å². The molecule has 0 bridgehead atoms. The molecule has 1 aromatic heterocycles. The van der Waals surface area contributed by atoms with E-state index in [1.54, 1.807) is 18.2 Å². The largest absolute Gasteiger partial charge is 0.481 e. The Hall–Kier alpha value is -2.67. The number of amides is 2. The number of thiazole rings is 1. The van der Waals surface area contributed by atoms with Gasteiger partial charge in [0.2, 0.25) is 11.8 Å². The van der Waals surface area contributed by atoms with Crippen molar-refractivity contribution >= 4 is 69.8 Å². The van der Waals surface area contributed by atoms with Gasteiger partial charge < -0.3 is 21.5 Å². The van der Waals surface area contributed by atoms with E-state index >= 15 is 0 Å². The van der Waals surface area contributed by atoms with E-state index < -0.39 is 24.3 Å². The number of aromatic nitrogens is 1. The first-order valence-corrected chi connectivity index (χ1v) is 15.2. The van der Waals surface area contributed by atoms with E-state index in [1.165, 1.54) is 23.1 Å². The summed E-state index contributed by atoms with van der Waals surface area (Å²) in [6.45, 7) is 2.58. The molecule has 1 atom stereocenters. The summed E-state index contributed by atoms with van der Waals surface area (Å²) in [4.78, 5) is 42.5. The number of halogens is 2. The van der Waals surface area contributed by atoms with Crippen LogP contribution in [-0.2, 0) is 20.9 Å². The Labute approximate surface area is 250 Å². The van der Waals surface area contributed by atoms with Crippen molar-refractivity contribution in [1.29, 1.82) is 0 Å². The van der Waals surface area contributed by atoms with Gasteiger partial charge >= 0.3 is 5.97 Å². The number of carboxylic acids is 1. The Kier molecular flexibility index (Phi) is 10.8. The van der Waals surface area contributed by atoms with Crippen molar-refractivity contribution < 1.29 is 19.5 Å². The van der Waals surface area contributed by atoms with Gasteiger partial charge in [-0.1, -0.05) is 53.2 Å². The van der Waals surface area contributed by atoms with Gasteiger partial charge in [-0.2, -0.15) is 0 Å². The van der Waals surface area contributed by atoms with Crippen LogP contribution in [0.1, 0.15) is 24.8 Å². The molecule has 3 aromatic rings. The van der Waals surface area contributed by atoms with Crippen LogP contribution < -0.4 is 16.4 Å². The highest BCUT2D eigenvalue weighted by Crippen LogP contribution is 2.30. The highest BCUT2D eigenvalue weighted by molar-refractivity contribution is 8.01. The first-order chi connectivity index (χ1) is 19.2. The number of carboxylic acid groups (broad SMARTS) is 1. The smallest absolute Gasteiger partial charge is 0.305 e. The molecule has 40 heavy (non-hydrogen) atoms. The maximum atomic E-state index is 12.6. The van der Waals surface area contributed by atoms with Crippen LogP contribution in [0.3, 0.4) is 0 Å². The van der Waals surface area contributed by atoms with Crippen LogP contribution >= 0.6 is 46.3 Å². The summed E-state index contributed by atoms with van der Waals surface area (Å²) in [5.74, 6) is -1.46. The Morgan fingerprint density at radius 1 is 1.15 bits per heavy atom. The number of benzene rings is 2. The maximum absolute atomic E-state index is 12.6. The third kappa shape index (κ3) is 8.92. The second-order valence-electron chi connectivity index (χ2n) is 9.43. The van der Waals surface area contributed by atoms with Gasteiger partial charge in [-0.15, -0.1) is 11.3 Å². The van der Waals surface area contributed by atoms with Crippen molar-refractivity contribution in [1.82, 2.24) is 15.2 Å². The lowest BCUT2D eigenvalue weighted by Crippen LogP contribution is -2.44. The lowest BCUT2D eigenvalue weighted by molar-refractivity contribution is -0.138. The van der Waals surface area contributed by atoms with Crippen LogP contribution in [0.25, 0.3) is 11.3 Å². The van der Waals surface area contributed by atoms with E-state index in [0.717, 1.165) is 47.9 Å². The van der Waals surface area contributed by atoms with E-state index in [0.29, 0.717) is 21.4 Å². The minimum atomic E-state index is -1.14. The van der Waals surface area contributed by atoms with Gasteiger partial charge in [0.15, 0.2) is 4.34 Å². The van der Waals surface area contributed by atoms with Gasteiger partial charge in [0, 0.05) is 42.3 Å². The van der Waals surface area contributed by atoms with Crippen molar-refractivity contribution in [2.45, 2.75) is 42.2 Å². The molecule has 1 unspecified atom stereocenters. The molecule has 1 fully saturated rings. The van der Waals surface area contributed by atoms with E-state index in [-0.39, 0.29) is 17.7 Å². The maximum Gasteiger partial charge on any atom is 0.305 e. The topological polar surface area (TPSA) is 138 Å². The normalized spacial score (nSPS) is 15.0. The number of anilines is 1. The van der Waals surface area contributed by atoms with E-state index in [1.807, 2.05) is 29.6 Å². The molecule has 0 saturated carbocycles. The van der Waals surface area contributed by atoms with Crippen LogP contribution in [0.5, 0.6) is 0 Å². The molecule has 9 nitrogen and oxygen atoms in total. The first-order valence-electron chi connectivity index (χ1n) is 12.6. The minimum absolute atomic E-state index is 0.0212. The summed E-state index contributed by atoms with van der Waals surface area (Å²) in [6, 6.07) is 11.8. The third-order valence-corrected chi connectivity index (χ3v) is 9.07. The van der Waals surface area contributed by atoms with Crippen LogP contribution in [0, 0.1) is 0 Å². The summed E-state index contributed by atoms with van der Waals surface area (Å²) < 4.78 is 0.763. The number of hydrogen-bond donors (Lipinski definition) is 4. The molecule has 0 radical (unpaired) electrons. The number of hydrogen-bond acceptors (Lipinski definition) is 8. The summed E-state index contributed by atoms with van der Waals surface area (Å²) >= 11 is 15.0. The minimum Gasteiger partial charge on any atom is -0.481 e. The van der Waals surface area contributed by atoms with Gasteiger partial charge in [0.05, 0.1) is 34.0 Å². The zero-order valence-corrected chi connectivity index (χ0v) is 24.6. The number of nitrogens with one attached hydrogen (secondary N) is 2. The average Bonchev–Trinajstić information content (AvgIpc) is 3.40. The molecule has 1 saturated heterocycles. The zero-order chi connectivity index (χ0) is 28.6. The molecule has 1 aliphatic heterocycles. The van der Waals surface area contributed by atoms with Gasteiger partial charge in [-0.25, -0.2) is 4.98 Å². The summed E-state index contributed by atoms with van der Waals surface area (Å²) in [5.41, 5.74) is 8.74. The highest BCUT2D eigenvalue weighted by Gasteiger charge is 2.21. The summed E-state index contributed by atoms with van der Waals surface area (Å²) in [5, 5.41) is 17.6. The number of likely N-dealkylation sites (tertiary alicyclic amines) is 1. The quantitative estimate of drug-likeness (QED) is 0.225. The number of thioether (sulfide) groups is 1. The monoisotopic (exact) mass is 621 g/mol. The fraction of sp³-hybridized carbons (Fsp3) is 0.333. The second-order valence-corrected chi connectivity index (χ2v) is 12.3. The summed E-state index contributed by atoms with van der Waals surface area (Å²) in [6.07, 6.45) is 1.31. The molecule has 0 aliphatic carbocycles. The predicted octanol–water partition coefficient (Wildman–Crippen LogP) is 4.73. The molecule has 1 aliphatic rings. The Bertz CT molecular complexity index is 1360. The highest BCUT2D eigenvalue weighted by atomic mass is 35.5. The lowest BCUT2D eigenvalue weighted by atomic mass is 10.0. The number of aliphatic carboxylic acids is 1. The number of nitrogens with zero attached hydrogens (tertiary/aromatic N) is 2. The van der Waals surface area contributed by atoms with E-state index in [2.05, 4.69) is 20.5 Å².